The molecule has 0 aliphatic rings. The van der Waals surface area contributed by atoms with Crippen molar-refractivity contribution < 1.29 is 13.2 Å². The number of nitrogens with two attached hydrogens (primary N) is 1. The van der Waals surface area contributed by atoms with Crippen molar-refractivity contribution in [3.8, 4) is 0 Å². The van der Waals surface area contributed by atoms with Gasteiger partial charge in [0, 0.05) is 6.20 Å². The molecule has 0 bridgehead atoms. The summed E-state index contributed by atoms with van der Waals surface area (Å²) in [6, 6.07) is 0. The molecule has 1 aromatic heterocycles. The van der Waals surface area contributed by atoms with Gasteiger partial charge in [-0.2, -0.15) is 13.2 Å². The average molecular weight is 190 g/mol. The zero-order valence-electron chi connectivity index (χ0n) is 7.24. The van der Waals surface area contributed by atoms with Gasteiger partial charge in [-0.1, -0.05) is 0 Å². The lowest BCUT2D eigenvalue weighted by molar-refractivity contribution is -0.138. The molecule has 0 aromatic carbocycles. The highest BCUT2D eigenvalue weighted by Gasteiger charge is 2.33. The molecule has 1 rings (SSSR count). The second-order valence-electron chi connectivity index (χ2n) is 2.80. The van der Waals surface area contributed by atoms with Crippen molar-refractivity contribution in [3.05, 3.63) is 22.9 Å². The molecule has 0 aliphatic carbocycles. The molecule has 0 radical (unpaired) electrons. The molecule has 2 nitrogen and oxygen atoms in total. The Balaban J connectivity index is 3.35. The molecule has 1 heterocycles. The quantitative estimate of drug-likeness (QED) is 0.681. The van der Waals surface area contributed by atoms with E-state index in [0.717, 1.165) is 6.20 Å². The van der Waals surface area contributed by atoms with Crippen LogP contribution in [0.25, 0.3) is 0 Å². The van der Waals surface area contributed by atoms with Crippen LogP contribution in [0.1, 0.15) is 16.7 Å². The third-order valence-corrected chi connectivity index (χ3v) is 1.99. The summed E-state index contributed by atoms with van der Waals surface area (Å²) in [5.41, 5.74) is 5.15. The van der Waals surface area contributed by atoms with Crippen molar-refractivity contribution in [1.82, 2.24) is 4.98 Å². The molecule has 1 aromatic rings. The number of halogens is 3. The maximum absolute atomic E-state index is 12.3. The van der Waals surface area contributed by atoms with E-state index in [1.807, 2.05) is 0 Å². The van der Waals surface area contributed by atoms with Gasteiger partial charge in [0.15, 0.2) is 0 Å². The monoisotopic (exact) mass is 190 g/mol. The smallest absolute Gasteiger partial charge is 0.383 e. The molecule has 0 aliphatic heterocycles. The molecule has 13 heavy (non-hydrogen) atoms. The zero-order chi connectivity index (χ0) is 10.2. The van der Waals surface area contributed by atoms with Crippen molar-refractivity contribution in [1.29, 1.82) is 0 Å². The van der Waals surface area contributed by atoms with E-state index in [9.17, 15) is 13.2 Å². The Bertz CT molecular complexity index is 331. The van der Waals surface area contributed by atoms with E-state index in [1.165, 1.54) is 13.8 Å². The number of nitrogens with zero attached hydrogens (tertiary/aromatic N) is 1. The number of hydrogen-bond acceptors (Lipinski definition) is 2. The molecule has 0 spiro atoms. The number of aromatic nitrogens is 1. The van der Waals surface area contributed by atoms with Crippen LogP contribution in [0, 0.1) is 13.8 Å². The van der Waals surface area contributed by atoms with Gasteiger partial charge in [-0.15, -0.1) is 0 Å². The van der Waals surface area contributed by atoms with Crippen molar-refractivity contribution in [2.24, 2.45) is 0 Å². The van der Waals surface area contributed by atoms with Crippen LogP contribution in [0.2, 0.25) is 0 Å². The topological polar surface area (TPSA) is 38.9 Å². The molecular weight excluding hydrogens is 181 g/mol. The van der Waals surface area contributed by atoms with Crippen molar-refractivity contribution in [3.63, 3.8) is 0 Å². The largest absolute Gasteiger partial charge is 0.418 e. The van der Waals surface area contributed by atoms with E-state index in [-0.39, 0.29) is 11.4 Å². The van der Waals surface area contributed by atoms with Gasteiger partial charge >= 0.3 is 6.18 Å². The molecule has 0 fully saturated rings. The first-order valence-corrected chi connectivity index (χ1v) is 3.63. The van der Waals surface area contributed by atoms with Crippen LogP contribution >= 0.6 is 0 Å². The third-order valence-electron chi connectivity index (χ3n) is 1.99. The number of rotatable bonds is 0. The number of anilines is 1. The zero-order valence-corrected chi connectivity index (χ0v) is 7.24. The van der Waals surface area contributed by atoms with Gasteiger partial charge in [0.25, 0.3) is 0 Å². The fourth-order valence-electron chi connectivity index (χ4n) is 1.01. The SMILES string of the molecule is Cc1c(C(F)(F)F)cnc(N)c1C. The molecule has 0 unspecified atom stereocenters. The van der Waals surface area contributed by atoms with E-state index in [2.05, 4.69) is 4.98 Å². The first-order valence-electron chi connectivity index (χ1n) is 3.63. The molecular formula is C8H9F3N2. The number of pyridine rings is 1. The second kappa shape index (κ2) is 2.90. The number of nitrogen functional groups attached to an aromatic ring is 1. The van der Waals surface area contributed by atoms with Crippen LogP contribution in [-0.4, -0.2) is 4.98 Å². The Labute approximate surface area is 73.6 Å². The normalized spacial score (nSPS) is 11.8. The summed E-state index contributed by atoms with van der Waals surface area (Å²) in [4.78, 5) is 3.46. The summed E-state index contributed by atoms with van der Waals surface area (Å²) >= 11 is 0. The maximum Gasteiger partial charge on any atom is 0.418 e. The van der Waals surface area contributed by atoms with E-state index >= 15 is 0 Å². The van der Waals surface area contributed by atoms with E-state index < -0.39 is 11.7 Å². The second-order valence-corrected chi connectivity index (χ2v) is 2.80. The van der Waals surface area contributed by atoms with Gasteiger partial charge in [-0.3, -0.25) is 0 Å². The summed E-state index contributed by atoms with van der Waals surface area (Å²) in [5, 5.41) is 0. The Hall–Kier alpha value is -1.26. The van der Waals surface area contributed by atoms with Gasteiger partial charge in [0.1, 0.15) is 5.82 Å². The molecule has 0 atom stereocenters. The van der Waals surface area contributed by atoms with Crippen molar-refractivity contribution in [2.45, 2.75) is 20.0 Å². The number of alkyl halides is 3. The van der Waals surface area contributed by atoms with Crippen LogP contribution in [0.15, 0.2) is 6.20 Å². The summed E-state index contributed by atoms with van der Waals surface area (Å²) in [6.07, 6.45) is -3.59. The summed E-state index contributed by atoms with van der Waals surface area (Å²) in [6.45, 7) is 2.91. The minimum Gasteiger partial charge on any atom is -0.383 e. The Morgan fingerprint density at radius 3 is 2.23 bits per heavy atom. The average Bonchev–Trinajstić information content (AvgIpc) is 1.98. The van der Waals surface area contributed by atoms with Crippen LogP contribution in [0.3, 0.4) is 0 Å². The minimum atomic E-state index is -4.35. The summed E-state index contributed by atoms with van der Waals surface area (Å²) in [5.74, 6) is 0.144. The van der Waals surface area contributed by atoms with Crippen LogP contribution in [-0.2, 0) is 6.18 Å². The predicted octanol–water partition coefficient (Wildman–Crippen LogP) is 2.30. The maximum atomic E-state index is 12.3. The fourth-order valence-corrected chi connectivity index (χ4v) is 1.01. The highest BCUT2D eigenvalue weighted by atomic mass is 19.4. The van der Waals surface area contributed by atoms with Crippen LogP contribution in [0.4, 0.5) is 19.0 Å². The molecule has 2 N–H and O–H groups in total. The van der Waals surface area contributed by atoms with Gasteiger partial charge in [-0.25, -0.2) is 4.98 Å². The minimum absolute atomic E-state index is 0.139. The Kier molecular flexibility index (Phi) is 2.19. The standard InChI is InChI=1S/C8H9F3N2/c1-4-5(2)7(12)13-3-6(4)8(9,10)11/h3H,1-2H3,(H2,12,13). The molecule has 0 saturated heterocycles. The molecule has 0 saturated carbocycles. The lowest BCUT2D eigenvalue weighted by Crippen LogP contribution is -2.10. The van der Waals surface area contributed by atoms with Crippen molar-refractivity contribution in [2.75, 3.05) is 5.73 Å². The van der Waals surface area contributed by atoms with E-state index in [4.69, 9.17) is 5.73 Å². The molecule has 5 heteroatoms. The summed E-state index contributed by atoms with van der Waals surface area (Å²) in [7, 11) is 0. The van der Waals surface area contributed by atoms with E-state index in [0.29, 0.717) is 5.56 Å². The van der Waals surface area contributed by atoms with E-state index in [1.54, 1.807) is 0 Å². The van der Waals surface area contributed by atoms with Gasteiger partial charge in [0.05, 0.1) is 5.56 Å². The lowest BCUT2D eigenvalue weighted by Gasteiger charge is -2.12. The highest BCUT2D eigenvalue weighted by Crippen LogP contribution is 2.33. The van der Waals surface area contributed by atoms with Crippen LogP contribution < -0.4 is 5.73 Å². The molecule has 0 amide bonds. The Morgan fingerprint density at radius 1 is 1.23 bits per heavy atom. The lowest BCUT2D eigenvalue weighted by atomic mass is 10.1. The third kappa shape index (κ3) is 1.74. The number of hydrogen-bond donors (Lipinski definition) is 1. The van der Waals surface area contributed by atoms with Gasteiger partial charge in [-0.05, 0) is 25.0 Å². The first kappa shape index (κ1) is 9.83. The predicted molar refractivity (Wildman–Crippen MR) is 43.1 cm³/mol. The van der Waals surface area contributed by atoms with Gasteiger partial charge < -0.3 is 5.73 Å². The highest BCUT2D eigenvalue weighted by molar-refractivity contribution is 5.46. The summed E-state index contributed by atoms with van der Waals surface area (Å²) < 4.78 is 36.8. The fraction of sp³-hybridized carbons (Fsp3) is 0.375. The van der Waals surface area contributed by atoms with Crippen molar-refractivity contribution >= 4 is 5.82 Å². The Morgan fingerprint density at radius 2 is 1.77 bits per heavy atom. The first-order chi connectivity index (χ1) is 5.84. The van der Waals surface area contributed by atoms with Gasteiger partial charge in [0.2, 0.25) is 0 Å². The van der Waals surface area contributed by atoms with Crippen LogP contribution in [0.5, 0.6) is 0 Å². The molecule has 72 valence electrons.